The maximum Gasteiger partial charge on any atom is 0.416 e. The number of halogens is 3. The summed E-state index contributed by atoms with van der Waals surface area (Å²) in [7, 11) is 0. The SMILES string of the molecule is NCC#CCc1ccccc1C(F)(F)F. The van der Waals surface area contributed by atoms with Crippen LogP contribution in [0.15, 0.2) is 24.3 Å². The Kier molecular flexibility index (Phi) is 3.75. The molecule has 0 saturated heterocycles. The van der Waals surface area contributed by atoms with Crippen molar-refractivity contribution in [3.05, 3.63) is 35.4 Å². The van der Waals surface area contributed by atoms with Gasteiger partial charge in [-0.1, -0.05) is 30.0 Å². The molecule has 1 aromatic rings. The van der Waals surface area contributed by atoms with Crippen molar-refractivity contribution in [1.29, 1.82) is 0 Å². The van der Waals surface area contributed by atoms with Crippen LogP contribution in [0.2, 0.25) is 0 Å². The molecule has 0 heterocycles. The van der Waals surface area contributed by atoms with E-state index in [1.807, 2.05) is 0 Å². The average Bonchev–Trinajstić information content (AvgIpc) is 2.17. The summed E-state index contributed by atoms with van der Waals surface area (Å²) >= 11 is 0. The summed E-state index contributed by atoms with van der Waals surface area (Å²) in [6, 6.07) is 5.41. The zero-order chi connectivity index (χ0) is 11.3. The molecule has 15 heavy (non-hydrogen) atoms. The van der Waals surface area contributed by atoms with Gasteiger partial charge in [-0.15, -0.1) is 0 Å². The Bertz CT molecular complexity index is 385. The summed E-state index contributed by atoms with van der Waals surface area (Å²) in [5.41, 5.74) is 4.68. The molecule has 1 nitrogen and oxygen atoms in total. The molecule has 0 radical (unpaired) electrons. The maximum atomic E-state index is 12.5. The minimum absolute atomic E-state index is 0.0763. The van der Waals surface area contributed by atoms with Crippen LogP contribution in [-0.2, 0) is 12.6 Å². The van der Waals surface area contributed by atoms with Gasteiger partial charge in [0.1, 0.15) is 0 Å². The molecule has 1 rings (SSSR count). The topological polar surface area (TPSA) is 26.0 Å². The van der Waals surface area contributed by atoms with Crippen LogP contribution in [0, 0.1) is 11.8 Å². The van der Waals surface area contributed by atoms with Crippen molar-refractivity contribution in [2.75, 3.05) is 6.54 Å². The lowest BCUT2D eigenvalue weighted by Crippen LogP contribution is -2.08. The minimum atomic E-state index is -4.32. The first-order valence-electron chi connectivity index (χ1n) is 4.36. The fourth-order valence-electron chi connectivity index (χ4n) is 1.18. The second-order valence-corrected chi connectivity index (χ2v) is 2.89. The first kappa shape index (κ1) is 11.6. The van der Waals surface area contributed by atoms with Gasteiger partial charge in [-0.25, -0.2) is 0 Å². The molecule has 0 aliphatic carbocycles. The summed E-state index contributed by atoms with van der Waals surface area (Å²) in [5.74, 6) is 5.12. The molecule has 0 fully saturated rings. The first-order valence-corrected chi connectivity index (χ1v) is 4.36. The molecule has 0 aliphatic heterocycles. The Morgan fingerprint density at radius 1 is 1.13 bits per heavy atom. The van der Waals surface area contributed by atoms with Crippen molar-refractivity contribution < 1.29 is 13.2 Å². The third-order valence-corrected chi connectivity index (χ3v) is 1.83. The molecule has 1 aromatic carbocycles. The van der Waals surface area contributed by atoms with Gasteiger partial charge in [0.25, 0.3) is 0 Å². The first-order chi connectivity index (χ1) is 7.05. The molecule has 0 aromatic heterocycles. The molecule has 0 unspecified atom stereocenters. The Hall–Kier alpha value is -1.47. The molecule has 80 valence electrons. The van der Waals surface area contributed by atoms with Gasteiger partial charge in [-0.2, -0.15) is 13.2 Å². The fourth-order valence-corrected chi connectivity index (χ4v) is 1.18. The van der Waals surface area contributed by atoms with Gasteiger partial charge >= 0.3 is 6.18 Å². The number of benzene rings is 1. The van der Waals surface area contributed by atoms with E-state index < -0.39 is 11.7 Å². The Morgan fingerprint density at radius 3 is 2.40 bits per heavy atom. The Morgan fingerprint density at radius 2 is 1.80 bits per heavy atom. The monoisotopic (exact) mass is 213 g/mol. The van der Waals surface area contributed by atoms with Gasteiger partial charge in [0, 0.05) is 6.42 Å². The highest BCUT2D eigenvalue weighted by Gasteiger charge is 2.32. The smallest absolute Gasteiger partial charge is 0.320 e. The van der Waals surface area contributed by atoms with Crippen LogP contribution in [0.3, 0.4) is 0 Å². The molecule has 0 bridgehead atoms. The van der Waals surface area contributed by atoms with Crippen LogP contribution in [0.5, 0.6) is 0 Å². The summed E-state index contributed by atoms with van der Waals surface area (Å²) in [6.45, 7) is 0.161. The number of rotatable bonds is 1. The zero-order valence-corrected chi connectivity index (χ0v) is 7.93. The van der Waals surface area contributed by atoms with Crippen molar-refractivity contribution in [2.45, 2.75) is 12.6 Å². The molecule has 2 N–H and O–H groups in total. The number of hydrogen-bond donors (Lipinski definition) is 1. The predicted octanol–water partition coefficient (Wildman–Crippen LogP) is 2.21. The predicted molar refractivity (Wildman–Crippen MR) is 52.0 cm³/mol. The maximum absolute atomic E-state index is 12.5. The summed E-state index contributed by atoms with van der Waals surface area (Å²) < 4.78 is 37.5. The quantitative estimate of drug-likeness (QED) is 0.711. The number of alkyl halides is 3. The van der Waals surface area contributed by atoms with E-state index in [2.05, 4.69) is 11.8 Å². The van der Waals surface area contributed by atoms with E-state index in [1.54, 1.807) is 6.07 Å². The summed E-state index contributed by atoms with van der Waals surface area (Å²) in [4.78, 5) is 0. The molecule has 0 amide bonds. The van der Waals surface area contributed by atoms with Gasteiger partial charge in [-0.05, 0) is 11.6 Å². The standard InChI is InChI=1S/C11H10F3N/c12-11(13,14)10-7-2-1-5-9(10)6-3-4-8-15/h1-2,5,7H,6,8,15H2. The number of nitrogens with two attached hydrogens (primary N) is 1. The molecular weight excluding hydrogens is 203 g/mol. The van der Waals surface area contributed by atoms with E-state index >= 15 is 0 Å². The Balaban J connectivity index is 2.97. The molecular formula is C11H10F3N. The highest BCUT2D eigenvalue weighted by atomic mass is 19.4. The molecule has 0 saturated carbocycles. The highest BCUT2D eigenvalue weighted by molar-refractivity contribution is 5.32. The van der Waals surface area contributed by atoms with Crippen LogP contribution in [0.25, 0.3) is 0 Å². The molecule has 0 spiro atoms. The van der Waals surface area contributed by atoms with Crippen LogP contribution in [-0.4, -0.2) is 6.54 Å². The Labute approximate surface area is 86.1 Å². The lowest BCUT2D eigenvalue weighted by atomic mass is 10.0. The minimum Gasteiger partial charge on any atom is -0.320 e. The van der Waals surface area contributed by atoms with Crippen molar-refractivity contribution in [3.63, 3.8) is 0 Å². The van der Waals surface area contributed by atoms with Gasteiger partial charge < -0.3 is 5.73 Å². The van der Waals surface area contributed by atoms with Crippen LogP contribution in [0.4, 0.5) is 13.2 Å². The van der Waals surface area contributed by atoms with Gasteiger partial charge in [0.15, 0.2) is 0 Å². The lowest BCUT2D eigenvalue weighted by molar-refractivity contribution is -0.138. The fraction of sp³-hybridized carbons (Fsp3) is 0.273. The van der Waals surface area contributed by atoms with Crippen LogP contribution in [0.1, 0.15) is 11.1 Å². The number of hydrogen-bond acceptors (Lipinski definition) is 1. The van der Waals surface area contributed by atoms with Gasteiger partial charge in [0.2, 0.25) is 0 Å². The van der Waals surface area contributed by atoms with Crippen molar-refractivity contribution >= 4 is 0 Å². The van der Waals surface area contributed by atoms with E-state index in [-0.39, 0.29) is 18.5 Å². The lowest BCUT2D eigenvalue weighted by Gasteiger charge is -2.10. The van der Waals surface area contributed by atoms with Crippen molar-refractivity contribution in [2.24, 2.45) is 5.73 Å². The van der Waals surface area contributed by atoms with Gasteiger partial charge in [0.05, 0.1) is 12.1 Å². The third-order valence-electron chi connectivity index (χ3n) is 1.83. The molecule has 0 aliphatic rings. The van der Waals surface area contributed by atoms with Crippen LogP contribution < -0.4 is 5.73 Å². The average molecular weight is 213 g/mol. The van der Waals surface area contributed by atoms with Crippen molar-refractivity contribution in [3.8, 4) is 11.8 Å². The highest BCUT2D eigenvalue weighted by Crippen LogP contribution is 2.31. The van der Waals surface area contributed by atoms with E-state index in [4.69, 9.17) is 5.73 Å². The van der Waals surface area contributed by atoms with E-state index in [9.17, 15) is 13.2 Å². The van der Waals surface area contributed by atoms with Crippen LogP contribution >= 0.6 is 0 Å². The molecule has 4 heteroatoms. The van der Waals surface area contributed by atoms with Crippen molar-refractivity contribution in [1.82, 2.24) is 0 Å². The second kappa shape index (κ2) is 4.85. The van der Waals surface area contributed by atoms with E-state index in [0.29, 0.717) is 0 Å². The largest absolute Gasteiger partial charge is 0.416 e. The summed E-state index contributed by atoms with van der Waals surface area (Å²) in [5, 5.41) is 0. The van der Waals surface area contributed by atoms with E-state index in [0.717, 1.165) is 6.07 Å². The molecule has 0 atom stereocenters. The zero-order valence-electron chi connectivity index (χ0n) is 7.93. The van der Waals surface area contributed by atoms with E-state index in [1.165, 1.54) is 12.1 Å². The summed E-state index contributed by atoms with van der Waals surface area (Å²) in [6.07, 6.45) is -4.24. The van der Waals surface area contributed by atoms with Gasteiger partial charge in [-0.3, -0.25) is 0 Å². The third kappa shape index (κ3) is 3.30. The second-order valence-electron chi connectivity index (χ2n) is 2.89. The normalized spacial score (nSPS) is 10.7.